The largest absolute Gasteiger partial charge is 0.450 e. The van der Waals surface area contributed by atoms with Gasteiger partial charge in [-0.25, -0.2) is 4.98 Å². The molecule has 2 aliphatic rings. The molecule has 1 fully saturated rings. The molecule has 5 rings (SSSR count). The number of anilines is 2. The quantitative estimate of drug-likeness (QED) is 0.735. The second kappa shape index (κ2) is 5.08. The first-order valence-electron chi connectivity index (χ1n) is 8.07. The highest BCUT2D eigenvalue weighted by Gasteiger charge is 2.35. The molecule has 2 N–H and O–H groups in total. The van der Waals surface area contributed by atoms with Crippen LogP contribution in [0, 0.1) is 11.8 Å². The van der Waals surface area contributed by atoms with E-state index in [1.54, 1.807) is 0 Å². The molecule has 3 aromatic rings. The number of benzene rings is 1. The lowest BCUT2D eigenvalue weighted by molar-refractivity contribution is 0.429. The number of rotatable bonds is 1. The zero-order chi connectivity index (χ0) is 16.3. The lowest BCUT2D eigenvalue weighted by atomic mass is 9.92. The Hall–Kier alpha value is -2.34. The number of halogens is 1. The van der Waals surface area contributed by atoms with Gasteiger partial charge in [0.25, 0.3) is 0 Å². The van der Waals surface area contributed by atoms with Crippen molar-refractivity contribution >= 4 is 51.7 Å². The smallest absolute Gasteiger partial charge is 0.222 e. The zero-order valence-corrected chi connectivity index (χ0v) is 13.7. The number of hydrogen-bond donors (Lipinski definition) is 1. The Morgan fingerprint density at radius 1 is 1.21 bits per heavy atom. The van der Waals surface area contributed by atoms with Crippen molar-refractivity contribution in [3.05, 3.63) is 23.2 Å². The first-order chi connectivity index (χ1) is 11.7. The summed E-state index contributed by atoms with van der Waals surface area (Å²) in [7, 11) is 0. The highest BCUT2D eigenvalue weighted by atomic mass is 35.5. The SMILES string of the molecule is Nc1nc(N2CC3CC=NCC3C2)c2oc3ccc(Cl)cc3c2n1. The van der Waals surface area contributed by atoms with Crippen LogP contribution < -0.4 is 10.6 Å². The number of nitrogens with zero attached hydrogens (tertiary/aromatic N) is 4. The van der Waals surface area contributed by atoms with Crippen LogP contribution in [0.2, 0.25) is 5.02 Å². The van der Waals surface area contributed by atoms with Gasteiger partial charge in [0.2, 0.25) is 5.95 Å². The molecule has 0 saturated carbocycles. The van der Waals surface area contributed by atoms with E-state index in [-0.39, 0.29) is 5.95 Å². The number of fused-ring (bicyclic) bond motifs is 4. The number of nitrogen functional groups attached to an aromatic ring is 1. The maximum absolute atomic E-state index is 6.12. The van der Waals surface area contributed by atoms with Crippen LogP contribution in [-0.4, -0.2) is 35.8 Å². The molecule has 2 aromatic heterocycles. The van der Waals surface area contributed by atoms with E-state index < -0.39 is 0 Å². The first-order valence-corrected chi connectivity index (χ1v) is 8.45. The lowest BCUT2D eigenvalue weighted by Gasteiger charge is -2.17. The van der Waals surface area contributed by atoms with Crippen LogP contribution in [-0.2, 0) is 0 Å². The van der Waals surface area contributed by atoms with E-state index in [2.05, 4.69) is 19.9 Å². The van der Waals surface area contributed by atoms with E-state index in [0.717, 1.165) is 48.4 Å². The van der Waals surface area contributed by atoms with Crippen molar-refractivity contribution in [2.24, 2.45) is 16.8 Å². The van der Waals surface area contributed by atoms with Gasteiger partial charge in [-0.05, 0) is 36.8 Å². The molecular weight excluding hydrogens is 326 g/mol. The second-order valence-electron chi connectivity index (χ2n) is 6.53. The first kappa shape index (κ1) is 14.0. The molecule has 0 aliphatic carbocycles. The van der Waals surface area contributed by atoms with Crippen LogP contribution in [0.5, 0.6) is 0 Å². The van der Waals surface area contributed by atoms with E-state index in [1.165, 1.54) is 0 Å². The van der Waals surface area contributed by atoms with E-state index >= 15 is 0 Å². The molecule has 1 saturated heterocycles. The Labute approximate surface area is 143 Å². The number of aliphatic imine (C=N–C) groups is 1. The predicted molar refractivity (Wildman–Crippen MR) is 95.9 cm³/mol. The summed E-state index contributed by atoms with van der Waals surface area (Å²) in [6, 6.07) is 5.53. The Balaban J connectivity index is 1.67. The number of furan rings is 1. The fourth-order valence-electron chi connectivity index (χ4n) is 3.84. The second-order valence-corrected chi connectivity index (χ2v) is 6.97. The minimum atomic E-state index is 0.256. The third-order valence-corrected chi connectivity index (χ3v) is 5.26. The van der Waals surface area contributed by atoms with Gasteiger partial charge >= 0.3 is 0 Å². The summed E-state index contributed by atoms with van der Waals surface area (Å²) < 4.78 is 6.05. The van der Waals surface area contributed by atoms with Gasteiger partial charge in [0.05, 0.1) is 0 Å². The molecule has 2 atom stereocenters. The summed E-state index contributed by atoms with van der Waals surface area (Å²) in [5.41, 5.74) is 8.13. The van der Waals surface area contributed by atoms with Crippen molar-refractivity contribution in [3.8, 4) is 0 Å². The molecule has 7 heteroatoms. The molecule has 0 amide bonds. The summed E-state index contributed by atoms with van der Waals surface area (Å²) in [6.45, 7) is 2.76. The third-order valence-electron chi connectivity index (χ3n) is 5.03. The average Bonchev–Trinajstić information content (AvgIpc) is 3.15. The average molecular weight is 342 g/mol. The van der Waals surface area contributed by atoms with E-state index in [0.29, 0.717) is 22.4 Å². The van der Waals surface area contributed by atoms with Crippen LogP contribution in [0.25, 0.3) is 22.1 Å². The van der Waals surface area contributed by atoms with Crippen LogP contribution >= 0.6 is 11.6 Å². The number of nitrogens with two attached hydrogens (primary N) is 1. The molecule has 0 radical (unpaired) electrons. The molecule has 24 heavy (non-hydrogen) atoms. The minimum Gasteiger partial charge on any atom is -0.450 e. The van der Waals surface area contributed by atoms with E-state index in [9.17, 15) is 0 Å². The van der Waals surface area contributed by atoms with Crippen molar-refractivity contribution in [1.82, 2.24) is 9.97 Å². The molecule has 4 heterocycles. The number of hydrogen-bond acceptors (Lipinski definition) is 6. The highest BCUT2D eigenvalue weighted by Crippen LogP contribution is 2.38. The molecule has 2 aliphatic heterocycles. The van der Waals surface area contributed by atoms with Crippen molar-refractivity contribution in [2.45, 2.75) is 6.42 Å². The summed E-state index contributed by atoms with van der Waals surface area (Å²) in [5, 5.41) is 1.51. The van der Waals surface area contributed by atoms with Gasteiger partial charge < -0.3 is 15.1 Å². The van der Waals surface area contributed by atoms with Gasteiger partial charge in [-0.1, -0.05) is 11.6 Å². The van der Waals surface area contributed by atoms with Crippen LogP contribution in [0.3, 0.4) is 0 Å². The maximum Gasteiger partial charge on any atom is 0.222 e. The Morgan fingerprint density at radius 2 is 2.08 bits per heavy atom. The van der Waals surface area contributed by atoms with Crippen LogP contribution in [0.1, 0.15) is 6.42 Å². The van der Waals surface area contributed by atoms with Gasteiger partial charge in [0.15, 0.2) is 11.4 Å². The van der Waals surface area contributed by atoms with Crippen LogP contribution in [0.4, 0.5) is 11.8 Å². The van der Waals surface area contributed by atoms with E-state index in [1.807, 2.05) is 24.4 Å². The summed E-state index contributed by atoms with van der Waals surface area (Å²) in [6.07, 6.45) is 3.07. The molecule has 0 spiro atoms. The molecule has 0 bridgehead atoms. The Morgan fingerprint density at radius 3 is 2.96 bits per heavy atom. The fourth-order valence-corrected chi connectivity index (χ4v) is 4.01. The normalized spacial score (nSPS) is 23.3. The monoisotopic (exact) mass is 341 g/mol. The molecule has 1 aromatic carbocycles. The third kappa shape index (κ3) is 2.06. The van der Waals surface area contributed by atoms with Crippen molar-refractivity contribution in [3.63, 3.8) is 0 Å². The van der Waals surface area contributed by atoms with Gasteiger partial charge in [0.1, 0.15) is 11.1 Å². The van der Waals surface area contributed by atoms with Crippen LogP contribution in [0.15, 0.2) is 27.6 Å². The van der Waals surface area contributed by atoms with Crippen molar-refractivity contribution in [1.29, 1.82) is 0 Å². The Bertz CT molecular complexity index is 966. The van der Waals surface area contributed by atoms with E-state index in [4.69, 9.17) is 21.8 Å². The Kier molecular flexibility index (Phi) is 2.97. The highest BCUT2D eigenvalue weighted by molar-refractivity contribution is 6.31. The van der Waals surface area contributed by atoms with Crippen molar-refractivity contribution < 1.29 is 4.42 Å². The van der Waals surface area contributed by atoms with Crippen molar-refractivity contribution in [2.75, 3.05) is 30.3 Å². The molecule has 122 valence electrons. The zero-order valence-electron chi connectivity index (χ0n) is 12.9. The maximum atomic E-state index is 6.12. The summed E-state index contributed by atoms with van der Waals surface area (Å²) in [4.78, 5) is 15.6. The molecule has 2 unspecified atom stereocenters. The predicted octanol–water partition coefficient (Wildman–Crippen LogP) is 3.14. The summed E-state index contributed by atoms with van der Waals surface area (Å²) >= 11 is 6.12. The van der Waals surface area contributed by atoms with Gasteiger partial charge in [0, 0.05) is 36.0 Å². The molecule has 6 nitrogen and oxygen atoms in total. The molecular formula is C17H16ClN5O. The van der Waals surface area contributed by atoms with Gasteiger partial charge in [-0.15, -0.1) is 0 Å². The standard InChI is InChI=1S/C17H16ClN5O/c18-11-1-2-13-12(5-11)14-15(24-13)16(22-17(19)21-14)23-7-9-3-4-20-6-10(9)8-23/h1-2,4-5,9-10H,3,6-8H2,(H2,19,21,22). The van der Waals surface area contributed by atoms with Gasteiger partial charge in [-0.2, -0.15) is 4.98 Å². The fraction of sp³-hybridized carbons (Fsp3) is 0.353. The topological polar surface area (TPSA) is 80.5 Å². The minimum absolute atomic E-state index is 0.256. The summed E-state index contributed by atoms with van der Waals surface area (Å²) in [5.74, 6) is 2.22. The number of aromatic nitrogens is 2. The van der Waals surface area contributed by atoms with Gasteiger partial charge in [-0.3, -0.25) is 4.99 Å². The lowest BCUT2D eigenvalue weighted by Crippen LogP contribution is -2.22.